The molecular weight excluding hydrogens is 391 g/mol. The molecule has 0 bridgehead atoms. The number of alkyl halides is 3. The van der Waals surface area contributed by atoms with E-state index in [9.17, 15) is 22.8 Å². The number of hydrogen-bond acceptors (Lipinski definition) is 5. The van der Waals surface area contributed by atoms with Gasteiger partial charge in [0.2, 0.25) is 5.60 Å². The van der Waals surface area contributed by atoms with E-state index in [4.69, 9.17) is 14.2 Å². The standard InChI is InChI=1S/C20H24F3NO5/c1-27-17(25)19(29-15-8-6-14(7-9-15)20(21,22)23)10-3-11-24(18(26)28-2)16(19)12-13-4-5-13/h6-9,13,16H,3-5,10-12H2,1-2H3/t16-,19+/m1/s1. The van der Waals surface area contributed by atoms with Gasteiger partial charge in [-0.15, -0.1) is 0 Å². The Morgan fingerprint density at radius 2 is 1.79 bits per heavy atom. The SMILES string of the molecule is COC(=O)N1CCC[C@@](Oc2ccc(C(F)(F)F)cc2)(C(=O)OC)[C@H]1CC1CC1. The van der Waals surface area contributed by atoms with Gasteiger partial charge in [0.15, 0.2) is 0 Å². The molecule has 2 aliphatic rings. The third-order valence-corrected chi connectivity index (χ3v) is 5.54. The molecule has 160 valence electrons. The topological polar surface area (TPSA) is 65.1 Å². The number of methoxy groups -OCH3 is 2. The molecule has 2 atom stereocenters. The van der Waals surface area contributed by atoms with Crippen LogP contribution in [-0.4, -0.2) is 49.4 Å². The second kappa shape index (κ2) is 8.12. The Bertz CT molecular complexity index is 747. The Balaban J connectivity index is 1.96. The van der Waals surface area contributed by atoms with Crippen molar-refractivity contribution in [3.63, 3.8) is 0 Å². The maximum absolute atomic E-state index is 12.9. The first kappa shape index (κ1) is 21.3. The van der Waals surface area contributed by atoms with Gasteiger partial charge in [-0.2, -0.15) is 13.2 Å². The van der Waals surface area contributed by atoms with Gasteiger partial charge >= 0.3 is 18.2 Å². The van der Waals surface area contributed by atoms with Crippen molar-refractivity contribution < 1.29 is 37.0 Å². The van der Waals surface area contributed by atoms with E-state index in [2.05, 4.69) is 0 Å². The van der Waals surface area contributed by atoms with Gasteiger partial charge in [0.1, 0.15) is 5.75 Å². The first-order valence-electron chi connectivity index (χ1n) is 9.50. The number of hydrogen-bond donors (Lipinski definition) is 0. The third-order valence-electron chi connectivity index (χ3n) is 5.54. The normalized spacial score (nSPS) is 24.7. The van der Waals surface area contributed by atoms with Crippen LogP contribution in [0.15, 0.2) is 24.3 Å². The molecule has 6 nitrogen and oxygen atoms in total. The Morgan fingerprint density at radius 1 is 1.14 bits per heavy atom. The highest BCUT2D eigenvalue weighted by atomic mass is 19.4. The fourth-order valence-electron chi connectivity index (χ4n) is 3.90. The van der Waals surface area contributed by atoms with Gasteiger partial charge in [-0.25, -0.2) is 9.59 Å². The summed E-state index contributed by atoms with van der Waals surface area (Å²) in [5.74, 6) is -0.196. The summed E-state index contributed by atoms with van der Waals surface area (Å²) in [7, 11) is 2.49. The first-order chi connectivity index (χ1) is 13.7. The van der Waals surface area contributed by atoms with E-state index < -0.39 is 35.4 Å². The third kappa shape index (κ3) is 4.43. The molecule has 1 saturated heterocycles. The van der Waals surface area contributed by atoms with E-state index in [-0.39, 0.29) is 12.2 Å². The van der Waals surface area contributed by atoms with Gasteiger partial charge in [0, 0.05) is 13.0 Å². The zero-order valence-electron chi connectivity index (χ0n) is 16.3. The minimum atomic E-state index is -4.47. The second-order valence-electron chi connectivity index (χ2n) is 7.47. The highest BCUT2D eigenvalue weighted by molar-refractivity contribution is 5.83. The molecule has 1 aliphatic heterocycles. The largest absolute Gasteiger partial charge is 0.473 e. The average molecular weight is 415 g/mol. The summed E-state index contributed by atoms with van der Waals surface area (Å²) in [5.41, 5.74) is -2.32. The van der Waals surface area contributed by atoms with Crippen LogP contribution in [0.4, 0.5) is 18.0 Å². The molecule has 1 heterocycles. The van der Waals surface area contributed by atoms with E-state index in [1.165, 1.54) is 31.3 Å². The molecule has 0 unspecified atom stereocenters. The number of likely N-dealkylation sites (tertiary alicyclic amines) is 1. The Morgan fingerprint density at radius 3 is 2.31 bits per heavy atom. The predicted molar refractivity (Wildman–Crippen MR) is 96.3 cm³/mol. The van der Waals surface area contributed by atoms with Crippen LogP contribution in [0.25, 0.3) is 0 Å². The maximum atomic E-state index is 12.9. The number of halogens is 3. The second-order valence-corrected chi connectivity index (χ2v) is 7.47. The van der Waals surface area contributed by atoms with Crippen molar-refractivity contribution in [1.29, 1.82) is 0 Å². The van der Waals surface area contributed by atoms with Crippen LogP contribution in [-0.2, 0) is 20.4 Å². The molecule has 1 aromatic carbocycles. The van der Waals surface area contributed by atoms with Crippen molar-refractivity contribution >= 4 is 12.1 Å². The molecule has 29 heavy (non-hydrogen) atoms. The number of ether oxygens (including phenoxy) is 3. The van der Waals surface area contributed by atoms with E-state index >= 15 is 0 Å². The molecule has 2 fully saturated rings. The van der Waals surface area contributed by atoms with Crippen molar-refractivity contribution in [1.82, 2.24) is 4.90 Å². The van der Waals surface area contributed by atoms with Crippen molar-refractivity contribution in [3.05, 3.63) is 29.8 Å². The zero-order valence-corrected chi connectivity index (χ0v) is 16.3. The lowest BCUT2D eigenvalue weighted by Crippen LogP contribution is -2.65. The van der Waals surface area contributed by atoms with Crippen LogP contribution in [0.2, 0.25) is 0 Å². The fraction of sp³-hybridized carbons (Fsp3) is 0.600. The molecule has 0 spiro atoms. The summed E-state index contributed by atoms with van der Waals surface area (Å²) in [6.45, 7) is 0.402. The smallest absolute Gasteiger partial charge is 0.416 e. The summed E-state index contributed by atoms with van der Waals surface area (Å²) in [5, 5.41) is 0. The van der Waals surface area contributed by atoms with E-state index in [0.717, 1.165) is 25.0 Å². The van der Waals surface area contributed by atoms with Crippen LogP contribution >= 0.6 is 0 Å². The van der Waals surface area contributed by atoms with Crippen molar-refractivity contribution in [3.8, 4) is 5.75 Å². The van der Waals surface area contributed by atoms with Gasteiger partial charge < -0.3 is 19.1 Å². The number of carbonyl (C=O) groups is 2. The van der Waals surface area contributed by atoms with Crippen LogP contribution in [0.1, 0.15) is 37.7 Å². The molecule has 1 amide bonds. The maximum Gasteiger partial charge on any atom is 0.416 e. The lowest BCUT2D eigenvalue weighted by atomic mass is 9.81. The molecular formula is C20H24F3NO5. The number of esters is 1. The predicted octanol–water partition coefficient (Wildman–Crippen LogP) is 4.03. The molecule has 3 rings (SSSR count). The minimum Gasteiger partial charge on any atom is -0.473 e. The van der Waals surface area contributed by atoms with Crippen LogP contribution in [0.5, 0.6) is 5.75 Å². The number of benzene rings is 1. The number of nitrogens with zero attached hydrogens (tertiary/aromatic N) is 1. The summed E-state index contributed by atoms with van der Waals surface area (Å²) >= 11 is 0. The van der Waals surface area contributed by atoms with Crippen LogP contribution < -0.4 is 4.74 Å². The number of rotatable bonds is 5. The molecule has 1 aliphatic carbocycles. The molecule has 1 saturated carbocycles. The zero-order chi connectivity index (χ0) is 21.2. The Labute approximate surface area is 166 Å². The fourth-order valence-corrected chi connectivity index (χ4v) is 3.90. The van der Waals surface area contributed by atoms with Gasteiger partial charge in [-0.05, 0) is 43.0 Å². The lowest BCUT2D eigenvalue weighted by Gasteiger charge is -2.47. The Kier molecular flexibility index (Phi) is 5.95. The summed E-state index contributed by atoms with van der Waals surface area (Å²) in [4.78, 5) is 26.7. The number of amides is 1. The summed E-state index contributed by atoms with van der Waals surface area (Å²) in [6, 6.07) is 3.53. The van der Waals surface area contributed by atoms with Gasteiger partial charge in [-0.3, -0.25) is 0 Å². The molecule has 0 radical (unpaired) electrons. The van der Waals surface area contributed by atoms with E-state index in [1.54, 1.807) is 0 Å². The molecule has 9 heteroatoms. The number of carbonyl (C=O) groups excluding carboxylic acids is 2. The summed E-state index contributed by atoms with van der Waals surface area (Å²) in [6.07, 6.45) is -1.78. The molecule has 0 aromatic heterocycles. The lowest BCUT2D eigenvalue weighted by molar-refractivity contribution is -0.170. The van der Waals surface area contributed by atoms with Crippen LogP contribution in [0, 0.1) is 5.92 Å². The molecule has 1 aromatic rings. The quantitative estimate of drug-likeness (QED) is 0.680. The minimum absolute atomic E-state index is 0.107. The Hall–Kier alpha value is -2.45. The highest BCUT2D eigenvalue weighted by Crippen LogP contribution is 2.43. The highest BCUT2D eigenvalue weighted by Gasteiger charge is 2.56. The number of piperidine rings is 1. The van der Waals surface area contributed by atoms with Crippen molar-refractivity contribution in [2.24, 2.45) is 5.92 Å². The van der Waals surface area contributed by atoms with E-state index in [0.29, 0.717) is 25.3 Å². The van der Waals surface area contributed by atoms with Crippen molar-refractivity contribution in [2.75, 3.05) is 20.8 Å². The van der Waals surface area contributed by atoms with Gasteiger partial charge in [0.05, 0.1) is 25.8 Å². The van der Waals surface area contributed by atoms with Crippen molar-refractivity contribution in [2.45, 2.75) is 49.9 Å². The average Bonchev–Trinajstić information content (AvgIpc) is 3.52. The van der Waals surface area contributed by atoms with Gasteiger partial charge in [-0.1, -0.05) is 12.8 Å². The van der Waals surface area contributed by atoms with Gasteiger partial charge in [0.25, 0.3) is 0 Å². The first-order valence-corrected chi connectivity index (χ1v) is 9.50. The molecule has 0 N–H and O–H groups in total. The summed E-state index contributed by atoms with van der Waals surface area (Å²) < 4.78 is 54.5. The van der Waals surface area contributed by atoms with E-state index in [1.807, 2.05) is 0 Å². The van der Waals surface area contributed by atoms with Crippen LogP contribution in [0.3, 0.4) is 0 Å². The monoisotopic (exact) mass is 415 g/mol.